The molecule has 1 N–H and O–H groups in total. The van der Waals surface area contributed by atoms with Gasteiger partial charge in [-0.3, -0.25) is 9.59 Å². The molecule has 0 spiro atoms. The van der Waals surface area contributed by atoms with E-state index in [1.165, 1.54) is 16.7 Å². The zero-order chi connectivity index (χ0) is 23.8. The van der Waals surface area contributed by atoms with Crippen molar-refractivity contribution >= 4 is 43.9 Å². The molecule has 0 aliphatic heterocycles. The number of rotatable bonds is 5. The van der Waals surface area contributed by atoms with Crippen molar-refractivity contribution in [3.63, 3.8) is 0 Å². The highest BCUT2D eigenvalue weighted by molar-refractivity contribution is 7.91. The van der Waals surface area contributed by atoms with Crippen LogP contribution in [0.5, 0.6) is 0 Å². The number of pyridine rings is 1. The summed E-state index contributed by atoms with van der Waals surface area (Å²) < 4.78 is 54.6. The molecule has 33 heavy (non-hydrogen) atoms. The van der Waals surface area contributed by atoms with E-state index < -0.39 is 37.7 Å². The highest BCUT2D eigenvalue weighted by Gasteiger charge is 2.24. The minimum atomic E-state index is -4.39. The molecule has 0 radical (unpaired) electrons. The number of nitrogens with one attached hydrogen (secondary N) is 1. The lowest BCUT2D eigenvalue weighted by Gasteiger charge is -2.14. The maximum Gasteiger partial charge on any atom is 0.244 e. The van der Waals surface area contributed by atoms with Crippen LogP contribution in [0.3, 0.4) is 0 Å². The molecule has 0 saturated heterocycles. The Bertz CT molecular complexity index is 1550. The number of sulfone groups is 1. The first-order valence-corrected chi connectivity index (χ1v) is 11.4. The topological polar surface area (TPSA) is 85.2 Å². The minimum absolute atomic E-state index is 0.167. The van der Waals surface area contributed by atoms with Crippen LogP contribution in [0.15, 0.2) is 87.5 Å². The summed E-state index contributed by atoms with van der Waals surface area (Å²) in [7, 11) is -4.39. The molecule has 6 nitrogen and oxygen atoms in total. The Balaban J connectivity index is 1.82. The number of aromatic nitrogens is 1. The summed E-state index contributed by atoms with van der Waals surface area (Å²) in [4.78, 5) is 24.6. The lowest BCUT2D eigenvalue weighted by Crippen LogP contribution is -2.24. The van der Waals surface area contributed by atoms with Crippen LogP contribution < -0.4 is 10.7 Å². The van der Waals surface area contributed by atoms with Crippen LogP contribution in [-0.4, -0.2) is 18.9 Å². The molecule has 0 aliphatic rings. The molecule has 4 rings (SSSR count). The van der Waals surface area contributed by atoms with Gasteiger partial charge in [-0.1, -0.05) is 17.7 Å². The molecule has 0 fully saturated rings. The van der Waals surface area contributed by atoms with E-state index in [0.717, 1.165) is 42.6 Å². The second-order valence-corrected chi connectivity index (χ2v) is 9.48. The highest BCUT2D eigenvalue weighted by atomic mass is 35.5. The highest BCUT2D eigenvalue weighted by Crippen LogP contribution is 2.22. The van der Waals surface area contributed by atoms with E-state index in [1.807, 2.05) is 0 Å². The first kappa shape index (κ1) is 22.6. The summed E-state index contributed by atoms with van der Waals surface area (Å²) >= 11 is 5.92. The number of carbonyl (C=O) groups excluding carboxylic acids is 1. The van der Waals surface area contributed by atoms with Gasteiger partial charge in [0, 0.05) is 22.3 Å². The predicted molar refractivity (Wildman–Crippen MR) is 120 cm³/mol. The number of benzene rings is 3. The van der Waals surface area contributed by atoms with Crippen LogP contribution in [-0.2, 0) is 21.2 Å². The minimum Gasteiger partial charge on any atom is -0.336 e. The Morgan fingerprint density at radius 1 is 0.970 bits per heavy atom. The second kappa shape index (κ2) is 8.76. The third kappa shape index (κ3) is 4.64. The Hall–Kier alpha value is -3.56. The third-order valence-electron chi connectivity index (χ3n) is 4.85. The van der Waals surface area contributed by atoms with E-state index in [-0.39, 0.29) is 22.3 Å². The number of carbonyl (C=O) groups is 1. The molecular formula is C23H15ClF2N2O4S. The molecule has 1 aromatic heterocycles. The van der Waals surface area contributed by atoms with E-state index in [9.17, 15) is 26.8 Å². The number of fused-ring (bicyclic) bond motifs is 1. The number of halogens is 3. The van der Waals surface area contributed by atoms with E-state index in [1.54, 1.807) is 18.2 Å². The SMILES string of the molecule is O=C(Cn1cc(S(=O)(=O)c2ccc(F)cc2)c(=O)c2cc(F)ccc21)Nc1cccc(Cl)c1. The largest absolute Gasteiger partial charge is 0.336 e. The van der Waals surface area contributed by atoms with Crippen molar-refractivity contribution in [1.82, 2.24) is 4.57 Å². The summed E-state index contributed by atoms with van der Waals surface area (Å²) in [5.41, 5.74) is -0.343. The van der Waals surface area contributed by atoms with Gasteiger partial charge in [0.05, 0.1) is 10.4 Å². The lowest BCUT2D eigenvalue weighted by molar-refractivity contribution is -0.116. The summed E-state index contributed by atoms with van der Waals surface area (Å²) in [5.74, 6) is -1.92. The maximum absolute atomic E-state index is 13.9. The Labute approximate surface area is 192 Å². The Morgan fingerprint density at radius 3 is 2.36 bits per heavy atom. The fourth-order valence-corrected chi connectivity index (χ4v) is 4.89. The Morgan fingerprint density at radius 2 is 1.67 bits per heavy atom. The van der Waals surface area contributed by atoms with Gasteiger partial charge < -0.3 is 9.88 Å². The van der Waals surface area contributed by atoms with Crippen LogP contribution in [0.4, 0.5) is 14.5 Å². The zero-order valence-electron chi connectivity index (χ0n) is 16.8. The quantitative estimate of drug-likeness (QED) is 0.422. The van der Waals surface area contributed by atoms with Crippen LogP contribution >= 0.6 is 11.6 Å². The van der Waals surface area contributed by atoms with Gasteiger partial charge in [-0.05, 0) is 60.7 Å². The number of anilines is 1. The fraction of sp³-hybridized carbons (Fsp3) is 0.0435. The summed E-state index contributed by atoms with van der Waals surface area (Å²) in [6, 6.07) is 13.7. The first-order chi connectivity index (χ1) is 15.6. The van der Waals surface area contributed by atoms with Gasteiger partial charge in [-0.15, -0.1) is 0 Å². The molecule has 0 aliphatic carbocycles. The number of hydrogen-bond acceptors (Lipinski definition) is 4. The van der Waals surface area contributed by atoms with E-state index in [4.69, 9.17) is 11.6 Å². The molecule has 3 aromatic carbocycles. The fourth-order valence-electron chi connectivity index (χ4n) is 3.33. The average molecular weight is 489 g/mol. The van der Waals surface area contributed by atoms with Crippen LogP contribution in [0, 0.1) is 11.6 Å². The smallest absolute Gasteiger partial charge is 0.244 e. The van der Waals surface area contributed by atoms with Crippen molar-refractivity contribution in [2.24, 2.45) is 0 Å². The molecule has 0 unspecified atom stereocenters. The Kier molecular flexibility index (Phi) is 6.01. The molecule has 1 heterocycles. The molecular weight excluding hydrogens is 474 g/mol. The van der Waals surface area contributed by atoms with Gasteiger partial charge in [0.25, 0.3) is 0 Å². The van der Waals surface area contributed by atoms with E-state index >= 15 is 0 Å². The van der Waals surface area contributed by atoms with E-state index in [2.05, 4.69) is 5.32 Å². The average Bonchev–Trinajstić information content (AvgIpc) is 2.76. The normalized spacial score (nSPS) is 11.5. The van der Waals surface area contributed by atoms with Crippen LogP contribution in [0.25, 0.3) is 10.9 Å². The molecule has 1 amide bonds. The molecule has 4 aromatic rings. The van der Waals surface area contributed by atoms with Crippen LogP contribution in [0.2, 0.25) is 5.02 Å². The second-order valence-electron chi connectivity index (χ2n) is 7.13. The predicted octanol–water partition coefficient (Wildman–Crippen LogP) is 4.40. The van der Waals surface area contributed by atoms with Crippen molar-refractivity contribution in [3.8, 4) is 0 Å². The van der Waals surface area contributed by atoms with Gasteiger partial charge in [-0.2, -0.15) is 0 Å². The standard InChI is InChI=1S/C23H15ClF2N2O4S/c24-14-2-1-3-17(10-14)27-22(29)13-28-12-21(23(30)19-11-16(26)6-9-20(19)28)33(31,32)18-7-4-15(25)5-8-18/h1-12H,13H2,(H,27,29). The van der Waals surface area contributed by atoms with Crippen molar-refractivity contribution in [3.05, 3.63) is 99.8 Å². The summed E-state index contributed by atoms with van der Waals surface area (Å²) in [5, 5.41) is 2.82. The van der Waals surface area contributed by atoms with Gasteiger partial charge in [0.15, 0.2) is 0 Å². The van der Waals surface area contributed by atoms with E-state index in [0.29, 0.717) is 10.7 Å². The maximum atomic E-state index is 13.9. The van der Waals surface area contributed by atoms with Crippen molar-refractivity contribution < 1.29 is 22.0 Å². The summed E-state index contributed by atoms with van der Waals surface area (Å²) in [6.45, 7) is -0.374. The molecule has 0 saturated carbocycles. The summed E-state index contributed by atoms with van der Waals surface area (Å²) in [6.07, 6.45) is 1.03. The third-order valence-corrected chi connectivity index (χ3v) is 6.84. The number of nitrogens with zero attached hydrogens (tertiary/aromatic N) is 1. The van der Waals surface area contributed by atoms with Gasteiger partial charge in [0.2, 0.25) is 21.2 Å². The van der Waals surface area contributed by atoms with Crippen molar-refractivity contribution in [1.29, 1.82) is 0 Å². The van der Waals surface area contributed by atoms with Crippen molar-refractivity contribution in [2.75, 3.05) is 5.32 Å². The van der Waals surface area contributed by atoms with Crippen LogP contribution in [0.1, 0.15) is 0 Å². The molecule has 168 valence electrons. The molecule has 0 bridgehead atoms. The van der Waals surface area contributed by atoms with Gasteiger partial charge >= 0.3 is 0 Å². The molecule has 0 atom stereocenters. The van der Waals surface area contributed by atoms with Crippen molar-refractivity contribution in [2.45, 2.75) is 16.3 Å². The van der Waals surface area contributed by atoms with Gasteiger partial charge in [0.1, 0.15) is 23.1 Å². The number of amides is 1. The monoisotopic (exact) mass is 488 g/mol. The van der Waals surface area contributed by atoms with Gasteiger partial charge in [-0.25, -0.2) is 17.2 Å². The number of hydrogen-bond donors (Lipinski definition) is 1. The molecule has 10 heteroatoms. The first-order valence-electron chi connectivity index (χ1n) is 9.54. The lowest BCUT2D eigenvalue weighted by atomic mass is 10.2. The zero-order valence-corrected chi connectivity index (χ0v) is 18.3.